The van der Waals surface area contributed by atoms with Crippen LogP contribution < -0.4 is 10.5 Å². The number of phenolic OH excluding ortho intramolecular Hbond substituents is 2. The summed E-state index contributed by atoms with van der Waals surface area (Å²) < 4.78 is 22.4. The number of Topliss-reactive ketones (excluding diaryl/α,β-unsaturated/α-hetero) is 1. The molecule has 0 amide bonds. The number of carbonyl (C=O) groups is 4. The maximum atomic E-state index is 13.9. The molecule has 1 aliphatic heterocycles. The predicted octanol–water partition coefficient (Wildman–Crippen LogP) is 2.93. The molecule has 0 unspecified atom stereocenters. The lowest BCUT2D eigenvalue weighted by molar-refractivity contribution is -0.247. The molecule has 6 N–H and O–H groups in total. The van der Waals surface area contributed by atoms with E-state index in [-0.39, 0.29) is 53.3 Å². The van der Waals surface area contributed by atoms with Crippen LogP contribution in [0.3, 0.4) is 0 Å². The van der Waals surface area contributed by atoms with E-state index in [1.807, 2.05) is 0 Å². The van der Waals surface area contributed by atoms with Crippen molar-refractivity contribution in [1.29, 1.82) is 0 Å². The zero-order valence-electron chi connectivity index (χ0n) is 26.7. The van der Waals surface area contributed by atoms with Crippen LogP contribution in [0.1, 0.15) is 75.3 Å². The molecule has 0 radical (unpaired) electrons. The standard InChI is InChI=1S/C33H37NO12S2.ClH/c1-4-9-47-48-10-8-22(36)44-14-21(35)33(42)12-17-25(20(13-33)46-23-11-18(34)28(37)15(2)45-23)32(41)27-26(30(17)39)29(38)16-6-5-7-19(43-3)24(16)31(27)40;/h4-7,15,18,20,23,28,37,39,41-42H,1,8-14,34H2,2-3H3;1H/t15-,18-,20-,23-,28+,33-;/m0./s1. The van der Waals surface area contributed by atoms with Crippen LogP contribution >= 0.6 is 34.0 Å². The largest absolute Gasteiger partial charge is 0.507 e. The lowest BCUT2D eigenvalue weighted by Crippen LogP contribution is -2.53. The first-order chi connectivity index (χ1) is 22.8. The molecule has 1 heterocycles. The van der Waals surface area contributed by atoms with E-state index in [0.29, 0.717) is 11.5 Å². The molecule has 5 rings (SSSR count). The Hall–Kier alpha value is -3.15. The maximum Gasteiger partial charge on any atom is 0.307 e. The second-order valence-electron chi connectivity index (χ2n) is 11.8. The molecule has 0 bridgehead atoms. The second-order valence-corrected chi connectivity index (χ2v) is 14.4. The summed E-state index contributed by atoms with van der Waals surface area (Å²) >= 11 is 0. The molecular formula is C33H38ClNO12S2. The van der Waals surface area contributed by atoms with E-state index in [4.69, 9.17) is 24.7 Å². The zero-order valence-corrected chi connectivity index (χ0v) is 29.2. The summed E-state index contributed by atoms with van der Waals surface area (Å²) in [6.45, 7) is 4.41. The van der Waals surface area contributed by atoms with E-state index in [1.165, 1.54) is 46.9 Å². The van der Waals surface area contributed by atoms with Gasteiger partial charge in [-0.15, -0.1) is 19.0 Å². The van der Waals surface area contributed by atoms with Crippen molar-refractivity contribution in [1.82, 2.24) is 0 Å². The first kappa shape index (κ1) is 38.6. The molecule has 13 nitrogen and oxygen atoms in total. The van der Waals surface area contributed by atoms with Crippen LogP contribution in [0, 0.1) is 0 Å². The summed E-state index contributed by atoms with van der Waals surface area (Å²) in [4.78, 5) is 53.4. The van der Waals surface area contributed by atoms with E-state index < -0.39 is 102 Å². The number of phenols is 2. The number of nitrogens with two attached hydrogens (primary N) is 1. The van der Waals surface area contributed by atoms with Crippen molar-refractivity contribution in [3.05, 3.63) is 64.2 Å². The van der Waals surface area contributed by atoms with Gasteiger partial charge in [0, 0.05) is 53.5 Å². The third-order valence-corrected chi connectivity index (χ3v) is 11.0. The molecule has 49 heavy (non-hydrogen) atoms. The van der Waals surface area contributed by atoms with Crippen LogP contribution in [-0.2, 0) is 30.2 Å². The number of hydrogen-bond acceptors (Lipinski definition) is 15. The van der Waals surface area contributed by atoms with Gasteiger partial charge in [-0.05, 0) is 13.0 Å². The lowest BCUT2D eigenvalue weighted by atomic mass is 9.72. The number of halogens is 1. The number of aliphatic hydroxyl groups excluding tert-OH is 1. The van der Waals surface area contributed by atoms with Crippen molar-refractivity contribution in [2.45, 2.75) is 68.9 Å². The van der Waals surface area contributed by atoms with Crippen molar-refractivity contribution < 1.29 is 58.6 Å². The number of ether oxygens (including phenoxy) is 4. The van der Waals surface area contributed by atoms with Gasteiger partial charge in [-0.25, -0.2) is 0 Å². The van der Waals surface area contributed by atoms with Crippen molar-refractivity contribution in [3.63, 3.8) is 0 Å². The molecular weight excluding hydrogens is 702 g/mol. The van der Waals surface area contributed by atoms with Gasteiger partial charge in [-0.1, -0.05) is 39.8 Å². The minimum atomic E-state index is -2.31. The van der Waals surface area contributed by atoms with Crippen molar-refractivity contribution in [2.24, 2.45) is 5.73 Å². The average molecular weight is 740 g/mol. The first-order valence-electron chi connectivity index (χ1n) is 15.2. The number of hydrogen-bond donors (Lipinski definition) is 5. The van der Waals surface area contributed by atoms with Gasteiger partial charge in [0.25, 0.3) is 0 Å². The highest BCUT2D eigenvalue weighted by Gasteiger charge is 2.50. The fourth-order valence-corrected chi connectivity index (χ4v) is 7.98. The van der Waals surface area contributed by atoms with E-state index in [1.54, 1.807) is 13.0 Å². The molecule has 6 atom stereocenters. The van der Waals surface area contributed by atoms with Gasteiger partial charge >= 0.3 is 5.97 Å². The Bertz CT molecular complexity index is 1640. The zero-order chi connectivity index (χ0) is 34.9. The summed E-state index contributed by atoms with van der Waals surface area (Å²) in [7, 11) is 4.26. The topological polar surface area (TPSA) is 212 Å². The minimum Gasteiger partial charge on any atom is -0.507 e. The summed E-state index contributed by atoms with van der Waals surface area (Å²) in [5.41, 5.74) is 2.28. The number of esters is 1. The molecule has 0 saturated carbocycles. The highest BCUT2D eigenvalue weighted by Crippen LogP contribution is 2.52. The van der Waals surface area contributed by atoms with E-state index in [2.05, 4.69) is 6.58 Å². The number of benzene rings is 2. The van der Waals surface area contributed by atoms with E-state index in [0.717, 1.165) is 0 Å². The van der Waals surface area contributed by atoms with Gasteiger partial charge in [0.1, 0.15) is 22.8 Å². The smallest absolute Gasteiger partial charge is 0.307 e. The minimum absolute atomic E-state index is 0. The summed E-state index contributed by atoms with van der Waals surface area (Å²) in [5.74, 6) is -3.34. The third-order valence-electron chi connectivity index (χ3n) is 8.68. The monoisotopic (exact) mass is 739 g/mol. The number of rotatable bonds is 12. The fraction of sp³-hybridized carbons (Fsp3) is 0.455. The Morgan fingerprint density at radius 2 is 1.86 bits per heavy atom. The maximum absolute atomic E-state index is 13.9. The number of aromatic hydroxyl groups is 2. The summed E-state index contributed by atoms with van der Waals surface area (Å²) in [6, 6.07) is 3.60. The number of aliphatic hydroxyl groups is 2. The molecule has 2 aromatic rings. The second kappa shape index (κ2) is 15.8. The van der Waals surface area contributed by atoms with Gasteiger partial charge < -0.3 is 45.1 Å². The summed E-state index contributed by atoms with van der Waals surface area (Å²) in [5, 5.41) is 45.4. The average Bonchev–Trinajstić information content (AvgIpc) is 3.05. The molecule has 2 aromatic carbocycles. The normalized spacial score (nSPS) is 25.7. The summed E-state index contributed by atoms with van der Waals surface area (Å²) in [6.07, 6.45) is -3.64. The number of fused-ring (bicyclic) bond motifs is 3. The predicted molar refractivity (Wildman–Crippen MR) is 183 cm³/mol. The number of methoxy groups -OCH3 is 1. The number of ketones is 3. The lowest BCUT2D eigenvalue weighted by Gasteiger charge is -2.42. The quantitative estimate of drug-likeness (QED) is 0.0594. The van der Waals surface area contributed by atoms with Gasteiger partial charge in [-0.3, -0.25) is 19.2 Å². The Balaban J connectivity index is 0.00000541. The van der Waals surface area contributed by atoms with Crippen LogP contribution in [0.4, 0.5) is 0 Å². The highest BCUT2D eigenvalue weighted by atomic mass is 35.5. The van der Waals surface area contributed by atoms with Crippen molar-refractivity contribution in [2.75, 3.05) is 25.2 Å². The fourth-order valence-electron chi connectivity index (χ4n) is 6.24. The van der Waals surface area contributed by atoms with Crippen LogP contribution in [0.2, 0.25) is 0 Å². The molecule has 3 aliphatic rings. The SMILES string of the molecule is C=CCSSCCC(=O)OCC(=O)[C@]1(O)Cc2c(O)c3c(c(O)c2[C@@H](O[C@H]2C[C@H](N)[C@H](O)[C@H](C)O2)C1)C(=O)c1c(OC)cccc1C3=O.Cl. The van der Waals surface area contributed by atoms with Crippen molar-refractivity contribution in [3.8, 4) is 17.2 Å². The molecule has 1 saturated heterocycles. The van der Waals surface area contributed by atoms with Gasteiger partial charge in [-0.2, -0.15) is 0 Å². The number of carbonyl (C=O) groups excluding carboxylic acids is 4. The van der Waals surface area contributed by atoms with E-state index in [9.17, 15) is 39.6 Å². The molecule has 1 fully saturated rings. The Morgan fingerprint density at radius 1 is 1.14 bits per heavy atom. The van der Waals surface area contributed by atoms with Crippen LogP contribution in [-0.4, -0.2) is 99.1 Å². The molecule has 2 aliphatic carbocycles. The van der Waals surface area contributed by atoms with Crippen LogP contribution in [0.25, 0.3) is 0 Å². The Kier molecular flexibility index (Phi) is 12.5. The van der Waals surface area contributed by atoms with Gasteiger partial charge in [0.05, 0.1) is 48.5 Å². The molecule has 0 spiro atoms. The molecule has 16 heteroatoms. The third kappa shape index (κ3) is 7.49. The van der Waals surface area contributed by atoms with Crippen molar-refractivity contribution >= 4 is 57.3 Å². The highest BCUT2D eigenvalue weighted by molar-refractivity contribution is 8.76. The van der Waals surface area contributed by atoms with E-state index >= 15 is 0 Å². The first-order valence-corrected chi connectivity index (χ1v) is 17.7. The van der Waals surface area contributed by atoms with Gasteiger partial charge in [0.2, 0.25) is 11.6 Å². The van der Waals surface area contributed by atoms with Gasteiger partial charge in [0.15, 0.2) is 18.7 Å². The molecule has 0 aromatic heterocycles. The molecule has 266 valence electrons. The Labute approximate surface area is 296 Å². The Morgan fingerprint density at radius 3 is 2.53 bits per heavy atom. The van der Waals surface area contributed by atoms with Crippen LogP contribution in [0.15, 0.2) is 30.9 Å². The van der Waals surface area contributed by atoms with Crippen LogP contribution in [0.5, 0.6) is 17.2 Å².